The van der Waals surface area contributed by atoms with Crippen LogP contribution in [0.2, 0.25) is 0 Å². The molecule has 1 N–H and O–H groups in total. The fourth-order valence-corrected chi connectivity index (χ4v) is 3.10. The van der Waals surface area contributed by atoms with Crippen molar-refractivity contribution in [2.24, 2.45) is 0 Å². The van der Waals surface area contributed by atoms with Gasteiger partial charge in [-0.2, -0.15) is 0 Å². The molecule has 0 amide bonds. The Hall–Kier alpha value is -1.84. The Bertz CT molecular complexity index is 544. The van der Waals surface area contributed by atoms with Gasteiger partial charge in [-0.15, -0.1) is 0 Å². The van der Waals surface area contributed by atoms with Crippen LogP contribution in [0.25, 0.3) is 0 Å². The number of nitrogens with one attached hydrogen (secondary N) is 1. The van der Waals surface area contributed by atoms with E-state index in [1.807, 2.05) is 18.2 Å². The smallest absolute Gasteiger partial charge is 0.0933 e. The summed E-state index contributed by atoms with van der Waals surface area (Å²) in [6, 6.07) is 21.6. The number of hydrogen-bond donors (Lipinski definition) is 1. The third-order valence-electron chi connectivity index (χ3n) is 4.23. The van der Waals surface area contributed by atoms with E-state index in [-0.39, 0.29) is 0 Å². The van der Waals surface area contributed by atoms with Crippen LogP contribution in [0.15, 0.2) is 60.7 Å². The highest BCUT2D eigenvalue weighted by Crippen LogP contribution is 2.26. The SMILES string of the molecule is c1ccc(CONCC[C@@H]2CCCN2c2ccccc2)cc1. The van der Waals surface area contributed by atoms with E-state index in [0.29, 0.717) is 12.6 Å². The molecule has 0 bridgehead atoms. The van der Waals surface area contributed by atoms with Gasteiger partial charge in [0.15, 0.2) is 0 Å². The monoisotopic (exact) mass is 296 g/mol. The van der Waals surface area contributed by atoms with Gasteiger partial charge in [0.25, 0.3) is 0 Å². The minimum Gasteiger partial charge on any atom is -0.368 e. The summed E-state index contributed by atoms with van der Waals surface area (Å²) < 4.78 is 0. The highest BCUT2D eigenvalue weighted by Gasteiger charge is 2.23. The summed E-state index contributed by atoms with van der Waals surface area (Å²) in [4.78, 5) is 8.08. The van der Waals surface area contributed by atoms with Crippen molar-refractivity contribution in [1.82, 2.24) is 5.48 Å². The maximum Gasteiger partial charge on any atom is 0.0933 e. The van der Waals surface area contributed by atoms with Crippen molar-refractivity contribution < 1.29 is 4.84 Å². The van der Waals surface area contributed by atoms with Crippen LogP contribution in [0.4, 0.5) is 5.69 Å². The molecule has 0 radical (unpaired) electrons. The first-order valence-corrected chi connectivity index (χ1v) is 8.14. The van der Waals surface area contributed by atoms with Gasteiger partial charge in [0.1, 0.15) is 0 Å². The van der Waals surface area contributed by atoms with Crippen LogP contribution < -0.4 is 10.4 Å². The second-order valence-corrected chi connectivity index (χ2v) is 5.78. The van der Waals surface area contributed by atoms with Gasteiger partial charge in [0, 0.05) is 24.8 Å². The maximum absolute atomic E-state index is 5.55. The number of anilines is 1. The van der Waals surface area contributed by atoms with Crippen molar-refractivity contribution in [1.29, 1.82) is 0 Å². The van der Waals surface area contributed by atoms with E-state index in [9.17, 15) is 0 Å². The fraction of sp³-hybridized carbons (Fsp3) is 0.368. The summed E-state index contributed by atoms with van der Waals surface area (Å²) in [6.45, 7) is 2.67. The Balaban J connectivity index is 1.40. The predicted molar refractivity (Wildman–Crippen MR) is 90.7 cm³/mol. The Morgan fingerprint density at radius 2 is 1.73 bits per heavy atom. The van der Waals surface area contributed by atoms with Crippen LogP contribution in [0.1, 0.15) is 24.8 Å². The third kappa shape index (κ3) is 4.09. The van der Waals surface area contributed by atoms with Gasteiger partial charge in [-0.25, -0.2) is 5.48 Å². The molecule has 0 aliphatic carbocycles. The second-order valence-electron chi connectivity index (χ2n) is 5.78. The quantitative estimate of drug-likeness (QED) is 0.622. The van der Waals surface area contributed by atoms with Crippen molar-refractivity contribution in [2.45, 2.75) is 31.9 Å². The Kier molecular flexibility index (Phi) is 5.46. The molecule has 2 aromatic rings. The van der Waals surface area contributed by atoms with Gasteiger partial charge in [-0.3, -0.25) is 4.84 Å². The molecular formula is C19H24N2O. The van der Waals surface area contributed by atoms with Crippen molar-refractivity contribution in [3.8, 4) is 0 Å². The third-order valence-corrected chi connectivity index (χ3v) is 4.23. The first kappa shape index (κ1) is 15.1. The Morgan fingerprint density at radius 3 is 2.50 bits per heavy atom. The van der Waals surface area contributed by atoms with Crippen LogP contribution in [0.3, 0.4) is 0 Å². The number of rotatable bonds is 7. The molecule has 1 aliphatic heterocycles. The molecule has 0 unspecified atom stereocenters. The second kappa shape index (κ2) is 7.97. The first-order valence-electron chi connectivity index (χ1n) is 8.14. The minimum absolute atomic E-state index is 0.619. The average Bonchev–Trinajstić information content (AvgIpc) is 3.05. The van der Waals surface area contributed by atoms with E-state index in [4.69, 9.17) is 4.84 Å². The van der Waals surface area contributed by atoms with Crippen LogP contribution >= 0.6 is 0 Å². The summed E-state index contributed by atoms with van der Waals surface area (Å²) in [6.07, 6.45) is 3.67. The minimum atomic E-state index is 0.619. The lowest BCUT2D eigenvalue weighted by Crippen LogP contribution is -2.32. The Morgan fingerprint density at radius 1 is 1.00 bits per heavy atom. The van der Waals surface area contributed by atoms with E-state index in [2.05, 4.69) is 52.8 Å². The highest BCUT2D eigenvalue weighted by atomic mass is 16.6. The molecule has 116 valence electrons. The molecule has 3 rings (SSSR count). The van der Waals surface area contributed by atoms with Crippen molar-refractivity contribution in [2.75, 3.05) is 18.0 Å². The largest absolute Gasteiger partial charge is 0.368 e. The Labute approximate surface area is 132 Å². The molecule has 0 aromatic heterocycles. The predicted octanol–water partition coefficient (Wildman–Crippen LogP) is 3.77. The van der Waals surface area contributed by atoms with Gasteiger partial charge >= 0.3 is 0 Å². The van der Waals surface area contributed by atoms with Gasteiger partial charge in [0.2, 0.25) is 0 Å². The standard InChI is InChI=1S/C19H24N2O/c1-3-8-17(9-4-1)16-22-20-14-13-19-12-7-15-21(19)18-10-5-2-6-11-18/h1-6,8-11,19-20H,7,12-16H2/t19-/m0/s1. The number of nitrogens with zero attached hydrogens (tertiary/aromatic N) is 1. The summed E-state index contributed by atoms with van der Waals surface area (Å²) >= 11 is 0. The molecule has 1 saturated heterocycles. The van der Waals surface area contributed by atoms with E-state index >= 15 is 0 Å². The van der Waals surface area contributed by atoms with Gasteiger partial charge in [0.05, 0.1) is 6.61 Å². The average molecular weight is 296 g/mol. The van der Waals surface area contributed by atoms with Crippen molar-refractivity contribution in [3.63, 3.8) is 0 Å². The number of hydrogen-bond acceptors (Lipinski definition) is 3. The van der Waals surface area contributed by atoms with E-state index < -0.39 is 0 Å². The molecule has 1 atom stereocenters. The number of benzene rings is 2. The zero-order valence-corrected chi connectivity index (χ0v) is 12.9. The summed E-state index contributed by atoms with van der Waals surface area (Å²) in [5.74, 6) is 0. The van der Waals surface area contributed by atoms with Crippen LogP contribution in [-0.2, 0) is 11.4 Å². The zero-order chi connectivity index (χ0) is 15.0. The molecule has 1 aliphatic rings. The first-order chi connectivity index (χ1) is 10.9. The molecule has 0 saturated carbocycles. The lowest BCUT2D eigenvalue weighted by molar-refractivity contribution is 0.0267. The molecule has 3 heteroatoms. The molecule has 0 spiro atoms. The fourth-order valence-electron chi connectivity index (χ4n) is 3.10. The van der Waals surface area contributed by atoms with Crippen molar-refractivity contribution in [3.05, 3.63) is 66.2 Å². The van der Waals surface area contributed by atoms with Crippen LogP contribution in [-0.4, -0.2) is 19.1 Å². The summed E-state index contributed by atoms with van der Waals surface area (Å²) in [7, 11) is 0. The topological polar surface area (TPSA) is 24.5 Å². The molecule has 3 nitrogen and oxygen atoms in total. The van der Waals surface area contributed by atoms with E-state index in [1.165, 1.54) is 30.6 Å². The lowest BCUT2D eigenvalue weighted by atomic mass is 10.1. The molecule has 22 heavy (non-hydrogen) atoms. The number of hydroxylamine groups is 1. The summed E-state index contributed by atoms with van der Waals surface area (Å²) in [5.41, 5.74) is 5.64. The van der Waals surface area contributed by atoms with Gasteiger partial charge in [-0.05, 0) is 37.0 Å². The van der Waals surface area contributed by atoms with Crippen molar-refractivity contribution >= 4 is 5.69 Å². The van der Waals surface area contributed by atoms with Gasteiger partial charge in [-0.1, -0.05) is 48.5 Å². The highest BCUT2D eigenvalue weighted by molar-refractivity contribution is 5.47. The molecule has 1 fully saturated rings. The van der Waals surface area contributed by atoms with E-state index in [0.717, 1.165) is 13.0 Å². The van der Waals surface area contributed by atoms with Crippen LogP contribution in [0, 0.1) is 0 Å². The number of para-hydroxylation sites is 1. The molecule has 1 heterocycles. The van der Waals surface area contributed by atoms with Crippen LogP contribution in [0.5, 0.6) is 0 Å². The van der Waals surface area contributed by atoms with E-state index in [1.54, 1.807) is 0 Å². The lowest BCUT2D eigenvalue weighted by Gasteiger charge is -2.26. The summed E-state index contributed by atoms with van der Waals surface area (Å²) in [5, 5.41) is 0. The molecule has 2 aromatic carbocycles. The maximum atomic E-state index is 5.55. The normalized spacial score (nSPS) is 17.8. The zero-order valence-electron chi connectivity index (χ0n) is 12.9. The molecular weight excluding hydrogens is 272 g/mol. The van der Waals surface area contributed by atoms with Gasteiger partial charge < -0.3 is 4.90 Å².